The van der Waals surface area contributed by atoms with Crippen molar-refractivity contribution in [1.82, 2.24) is 10.3 Å². The monoisotopic (exact) mass is 284 g/mol. The highest BCUT2D eigenvalue weighted by molar-refractivity contribution is 5.22. The lowest BCUT2D eigenvalue weighted by molar-refractivity contribution is 0.312. The van der Waals surface area contributed by atoms with Gasteiger partial charge in [0, 0.05) is 6.04 Å². The van der Waals surface area contributed by atoms with Gasteiger partial charge in [-0.1, -0.05) is 43.2 Å². The minimum Gasteiger partial charge on any atom is -0.444 e. The molecule has 1 saturated carbocycles. The maximum atomic E-state index is 5.67. The van der Waals surface area contributed by atoms with E-state index in [9.17, 15) is 0 Å². The van der Waals surface area contributed by atoms with Gasteiger partial charge in [-0.15, -0.1) is 0 Å². The second-order valence-corrected chi connectivity index (χ2v) is 6.04. The Morgan fingerprint density at radius 1 is 1.14 bits per heavy atom. The fraction of sp³-hybridized carbons (Fsp3) is 0.500. The van der Waals surface area contributed by atoms with Crippen molar-refractivity contribution in [2.24, 2.45) is 0 Å². The van der Waals surface area contributed by atoms with E-state index in [-0.39, 0.29) is 0 Å². The molecule has 21 heavy (non-hydrogen) atoms. The zero-order valence-corrected chi connectivity index (χ0v) is 12.9. The smallest absolute Gasteiger partial charge is 0.208 e. The zero-order valence-electron chi connectivity index (χ0n) is 12.9. The Hall–Kier alpha value is -1.61. The minimum absolute atomic E-state index is 0.522. The number of nitrogens with zero attached hydrogens (tertiary/aromatic N) is 1. The lowest BCUT2D eigenvalue weighted by atomic mass is 9.80. The number of oxazole rings is 1. The lowest BCUT2D eigenvalue weighted by Crippen LogP contribution is -2.36. The van der Waals surface area contributed by atoms with Crippen LogP contribution < -0.4 is 5.32 Å². The van der Waals surface area contributed by atoms with Gasteiger partial charge in [-0.3, -0.25) is 0 Å². The molecule has 1 aliphatic carbocycles. The molecule has 0 spiro atoms. The van der Waals surface area contributed by atoms with Crippen LogP contribution in [-0.4, -0.2) is 11.0 Å². The number of nitrogens with one attached hydrogen (secondary N) is 1. The number of hydrogen-bond acceptors (Lipinski definition) is 3. The van der Waals surface area contributed by atoms with Gasteiger partial charge in [0.05, 0.1) is 12.2 Å². The molecule has 0 bridgehead atoms. The number of benzene rings is 1. The minimum atomic E-state index is 0.522. The van der Waals surface area contributed by atoms with Crippen molar-refractivity contribution >= 4 is 0 Å². The standard InChI is InChI=1S/C18H24N2O/c1-13-14(2)21-18(20-13)12-19-17-11-7-6-10-16(17)15-8-4-3-5-9-15/h3-5,8-9,16-17,19H,6-7,10-12H2,1-2H3. The second kappa shape index (κ2) is 6.44. The highest BCUT2D eigenvalue weighted by atomic mass is 16.4. The molecular weight excluding hydrogens is 260 g/mol. The van der Waals surface area contributed by atoms with Gasteiger partial charge in [-0.25, -0.2) is 4.98 Å². The largest absolute Gasteiger partial charge is 0.444 e. The van der Waals surface area contributed by atoms with Crippen LogP contribution in [0.1, 0.15) is 54.5 Å². The third kappa shape index (κ3) is 3.35. The summed E-state index contributed by atoms with van der Waals surface area (Å²) >= 11 is 0. The predicted octanol–water partition coefficient (Wildman–Crippen LogP) is 4.11. The van der Waals surface area contributed by atoms with E-state index in [1.54, 1.807) is 0 Å². The summed E-state index contributed by atoms with van der Waals surface area (Å²) < 4.78 is 5.67. The molecule has 3 heteroatoms. The van der Waals surface area contributed by atoms with Gasteiger partial charge in [0.15, 0.2) is 0 Å². The molecule has 3 nitrogen and oxygen atoms in total. The lowest BCUT2D eigenvalue weighted by Gasteiger charge is -2.32. The molecule has 2 unspecified atom stereocenters. The van der Waals surface area contributed by atoms with Crippen LogP contribution in [0.15, 0.2) is 34.7 Å². The van der Waals surface area contributed by atoms with Crippen molar-refractivity contribution in [3.8, 4) is 0 Å². The molecular formula is C18H24N2O. The van der Waals surface area contributed by atoms with E-state index >= 15 is 0 Å². The van der Waals surface area contributed by atoms with Crippen LogP contribution in [0.4, 0.5) is 0 Å². The summed E-state index contributed by atoms with van der Waals surface area (Å²) in [6, 6.07) is 11.4. The van der Waals surface area contributed by atoms with Crippen LogP contribution in [0.3, 0.4) is 0 Å². The van der Waals surface area contributed by atoms with E-state index in [0.717, 1.165) is 23.9 Å². The van der Waals surface area contributed by atoms with Crippen molar-refractivity contribution in [3.05, 3.63) is 53.2 Å². The van der Waals surface area contributed by atoms with Gasteiger partial charge in [-0.2, -0.15) is 0 Å². The molecule has 1 N–H and O–H groups in total. The predicted molar refractivity (Wildman–Crippen MR) is 84.3 cm³/mol. The number of aryl methyl sites for hydroxylation is 2. The van der Waals surface area contributed by atoms with E-state index in [2.05, 4.69) is 40.6 Å². The Morgan fingerprint density at radius 3 is 2.62 bits per heavy atom. The molecule has 0 amide bonds. The Balaban J connectivity index is 1.67. The average Bonchev–Trinajstić information content (AvgIpc) is 2.85. The van der Waals surface area contributed by atoms with Crippen molar-refractivity contribution in [2.75, 3.05) is 0 Å². The third-order valence-corrected chi connectivity index (χ3v) is 4.58. The van der Waals surface area contributed by atoms with Crippen LogP contribution in [0.5, 0.6) is 0 Å². The third-order valence-electron chi connectivity index (χ3n) is 4.58. The molecule has 0 aliphatic heterocycles. The average molecular weight is 284 g/mol. The summed E-state index contributed by atoms with van der Waals surface area (Å²) in [6.07, 6.45) is 5.14. The molecule has 0 radical (unpaired) electrons. The maximum absolute atomic E-state index is 5.67. The molecule has 2 aromatic rings. The van der Waals surface area contributed by atoms with Gasteiger partial charge in [0.2, 0.25) is 5.89 Å². The first kappa shape index (κ1) is 14.3. The van der Waals surface area contributed by atoms with Crippen LogP contribution in [-0.2, 0) is 6.54 Å². The van der Waals surface area contributed by atoms with Crippen LogP contribution in [0.25, 0.3) is 0 Å². The normalized spacial score (nSPS) is 22.4. The van der Waals surface area contributed by atoms with E-state index in [0.29, 0.717) is 12.0 Å². The topological polar surface area (TPSA) is 38.1 Å². The van der Waals surface area contributed by atoms with Gasteiger partial charge < -0.3 is 9.73 Å². The fourth-order valence-electron chi connectivity index (χ4n) is 3.31. The fourth-order valence-corrected chi connectivity index (χ4v) is 3.31. The van der Waals surface area contributed by atoms with Gasteiger partial charge in [0.1, 0.15) is 5.76 Å². The first-order valence-electron chi connectivity index (χ1n) is 7.95. The van der Waals surface area contributed by atoms with Gasteiger partial charge >= 0.3 is 0 Å². The number of aromatic nitrogens is 1. The van der Waals surface area contributed by atoms with Crippen LogP contribution in [0.2, 0.25) is 0 Å². The maximum Gasteiger partial charge on any atom is 0.208 e. The molecule has 1 aliphatic rings. The molecule has 1 aromatic heterocycles. The summed E-state index contributed by atoms with van der Waals surface area (Å²) in [6.45, 7) is 4.69. The Labute approximate surface area is 126 Å². The first-order chi connectivity index (χ1) is 10.2. The number of hydrogen-bond donors (Lipinski definition) is 1. The molecule has 1 fully saturated rings. The van der Waals surface area contributed by atoms with E-state index in [1.807, 2.05) is 13.8 Å². The second-order valence-electron chi connectivity index (χ2n) is 6.04. The molecule has 3 rings (SSSR count). The van der Waals surface area contributed by atoms with E-state index in [4.69, 9.17) is 4.42 Å². The zero-order chi connectivity index (χ0) is 14.7. The van der Waals surface area contributed by atoms with Crippen molar-refractivity contribution in [3.63, 3.8) is 0 Å². The van der Waals surface area contributed by atoms with Crippen molar-refractivity contribution in [1.29, 1.82) is 0 Å². The first-order valence-corrected chi connectivity index (χ1v) is 7.95. The quantitative estimate of drug-likeness (QED) is 0.918. The van der Waals surface area contributed by atoms with Gasteiger partial charge in [0.25, 0.3) is 0 Å². The van der Waals surface area contributed by atoms with E-state index in [1.165, 1.54) is 31.2 Å². The van der Waals surface area contributed by atoms with Gasteiger partial charge in [-0.05, 0) is 38.2 Å². The van der Waals surface area contributed by atoms with E-state index < -0.39 is 0 Å². The van der Waals surface area contributed by atoms with Crippen molar-refractivity contribution < 1.29 is 4.42 Å². The molecule has 1 aromatic carbocycles. The summed E-state index contributed by atoms with van der Waals surface area (Å²) in [7, 11) is 0. The Bertz CT molecular complexity index is 557. The van der Waals surface area contributed by atoms with Crippen molar-refractivity contribution in [2.45, 2.75) is 58.0 Å². The Kier molecular flexibility index (Phi) is 4.39. The summed E-state index contributed by atoms with van der Waals surface area (Å²) in [5.74, 6) is 2.34. The summed E-state index contributed by atoms with van der Waals surface area (Å²) in [4.78, 5) is 4.46. The number of rotatable bonds is 4. The molecule has 112 valence electrons. The highest BCUT2D eigenvalue weighted by Crippen LogP contribution is 2.33. The molecule has 0 saturated heterocycles. The van der Waals surface area contributed by atoms with Crippen LogP contribution >= 0.6 is 0 Å². The Morgan fingerprint density at radius 2 is 1.90 bits per heavy atom. The summed E-state index contributed by atoms with van der Waals surface area (Å²) in [5, 5.41) is 3.67. The highest BCUT2D eigenvalue weighted by Gasteiger charge is 2.26. The molecule has 1 heterocycles. The van der Waals surface area contributed by atoms with Crippen LogP contribution in [0, 0.1) is 13.8 Å². The molecule has 2 atom stereocenters. The summed E-state index contributed by atoms with van der Waals surface area (Å²) in [5.41, 5.74) is 2.45. The SMILES string of the molecule is Cc1nc(CNC2CCCCC2c2ccccc2)oc1C.